The molecule has 19 heavy (non-hydrogen) atoms. The second-order valence-electron chi connectivity index (χ2n) is 4.89. The monoisotopic (exact) mass is 317 g/mol. The molecule has 0 bridgehead atoms. The van der Waals surface area contributed by atoms with E-state index in [0.29, 0.717) is 0 Å². The molecule has 1 aliphatic heterocycles. The van der Waals surface area contributed by atoms with Crippen molar-refractivity contribution >= 4 is 21.6 Å². The van der Waals surface area contributed by atoms with Gasteiger partial charge in [-0.1, -0.05) is 34.1 Å². The van der Waals surface area contributed by atoms with Crippen LogP contribution < -0.4 is 10.1 Å². The number of benzene rings is 2. The number of ether oxygens (including phenoxy) is 1. The number of nitrogens with one attached hydrogen (secondary N) is 1. The molecule has 0 aliphatic carbocycles. The number of aryl methyl sites for hydroxylation is 1. The van der Waals surface area contributed by atoms with Crippen molar-refractivity contribution in [3.05, 3.63) is 58.1 Å². The van der Waals surface area contributed by atoms with E-state index in [4.69, 9.17) is 4.74 Å². The highest BCUT2D eigenvalue weighted by atomic mass is 79.9. The van der Waals surface area contributed by atoms with E-state index in [1.165, 1.54) is 16.8 Å². The highest BCUT2D eigenvalue weighted by molar-refractivity contribution is 9.10. The fraction of sp³-hybridized carbons (Fsp3) is 0.250. The first-order valence-corrected chi connectivity index (χ1v) is 7.26. The third kappa shape index (κ3) is 2.76. The van der Waals surface area contributed by atoms with Crippen molar-refractivity contribution in [1.82, 2.24) is 0 Å². The summed E-state index contributed by atoms with van der Waals surface area (Å²) in [6, 6.07) is 14.5. The van der Waals surface area contributed by atoms with Gasteiger partial charge in [0, 0.05) is 16.6 Å². The number of fused-ring (bicyclic) bond motifs is 1. The molecule has 2 nitrogen and oxygen atoms in total. The Bertz CT molecular complexity index is 597. The van der Waals surface area contributed by atoms with E-state index < -0.39 is 0 Å². The SMILES string of the molecule is Cc1ccccc1NCC1Cc2cc(Br)ccc2O1. The summed E-state index contributed by atoms with van der Waals surface area (Å²) in [5.41, 5.74) is 3.73. The number of rotatable bonds is 3. The Labute approximate surface area is 121 Å². The van der Waals surface area contributed by atoms with E-state index in [1.807, 2.05) is 12.1 Å². The van der Waals surface area contributed by atoms with E-state index in [1.54, 1.807) is 0 Å². The van der Waals surface area contributed by atoms with E-state index in [2.05, 4.69) is 58.5 Å². The lowest BCUT2D eigenvalue weighted by Gasteiger charge is -2.14. The molecule has 3 rings (SSSR count). The Balaban J connectivity index is 1.63. The minimum Gasteiger partial charge on any atom is -0.488 e. The van der Waals surface area contributed by atoms with Gasteiger partial charge in [-0.2, -0.15) is 0 Å². The quantitative estimate of drug-likeness (QED) is 0.917. The Morgan fingerprint density at radius 1 is 1.26 bits per heavy atom. The van der Waals surface area contributed by atoms with Crippen LogP contribution in [0, 0.1) is 6.92 Å². The van der Waals surface area contributed by atoms with Crippen LogP contribution in [0.1, 0.15) is 11.1 Å². The predicted octanol–water partition coefficient (Wildman–Crippen LogP) is 4.17. The van der Waals surface area contributed by atoms with Crippen LogP contribution in [0.5, 0.6) is 5.75 Å². The Morgan fingerprint density at radius 2 is 2.11 bits per heavy atom. The topological polar surface area (TPSA) is 21.3 Å². The third-order valence-corrected chi connectivity index (χ3v) is 3.92. The standard InChI is InChI=1S/C16H16BrNO/c1-11-4-2-3-5-15(11)18-10-14-9-12-8-13(17)6-7-16(12)19-14/h2-8,14,18H,9-10H2,1H3. The summed E-state index contributed by atoms with van der Waals surface area (Å²) in [6.45, 7) is 2.95. The summed E-state index contributed by atoms with van der Waals surface area (Å²) in [5, 5.41) is 3.47. The van der Waals surface area contributed by atoms with E-state index in [-0.39, 0.29) is 6.10 Å². The van der Waals surface area contributed by atoms with Crippen LogP contribution in [0.3, 0.4) is 0 Å². The highest BCUT2D eigenvalue weighted by Crippen LogP contribution is 2.31. The molecule has 1 heterocycles. The molecule has 0 fully saturated rings. The average Bonchev–Trinajstić information content (AvgIpc) is 2.79. The van der Waals surface area contributed by atoms with Crippen LogP contribution >= 0.6 is 15.9 Å². The molecular weight excluding hydrogens is 302 g/mol. The lowest BCUT2D eigenvalue weighted by Crippen LogP contribution is -2.24. The van der Waals surface area contributed by atoms with Gasteiger partial charge in [-0.3, -0.25) is 0 Å². The summed E-state index contributed by atoms with van der Waals surface area (Å²) in [5.74, 6) is 1.01. The molecule has 2 aromatic rings. The van der Waals surface area contributed by atoms with Crippen LogP contribution in [0.25, 0.3) is 0 Å². The number of hydrogen-bond donors (Lipinski definition) is 1. The summed E-state index contributed by atoms with van der Waals surface area (Å²) in [7, 11) is 0. The van der Waals surface area contributed by atoms with Gasteiger partial charge in [-0.15, -0.1) is 0 Å². The summed E-state index contributed by atoms with van der Waals surface area (Å²) in [4.78, 5) is 0. The Morgan fingerprint density at radius 3 is 2.95 bits per heavy atom. The maximum absolute atomic E-state index is 5.94. The molecule has 1 unspecified atom stereocenters. The van der Waals surface area contributed by atoms with Gasteiger partial charge in [0.2, 0.25) is 0 Å². The van der Waals surface area contributed by atoms with E-state index >= 15 is 0 Å². The lowest BCUT2D eigenvalue weighted by molar-refractivity contribution is 0.246. The summed E-state index contributed by atoms with van der Waals surface area (Å²) < 4.78 is 7.05. The summed E-state index contributed by atoms with van der Waals surface area (Å²) in [6.07, 6.45) is 1.18. The smallest absolute Gasteiger partial charge is 0.123 e. The van der Waals surface area contributed by atoms with Gasteiger partial charge in [0.15, 0.2) is 0 Å². The van der Waals surface area contributed by atoms with Crippen molar-refractivity contribution in [2.24, 2.45) is 0 Å². The Kier molecular flexibility index (Phi) is 3.47. The van der Waals surface area contributed by atoms with Gasteiger partial charge in [0.1, 0.15) is 11.9 Å². The number of para-hydroxylation sites is 1. The van der Waals surface area contributed by atoms with Gasteiger partial charge in [0.05, 0.1) is 6.54 Å². The molecule has 1 aliphatic rings. The van der Waals surface area contributed by atoms with Gasteiger partial charge < -0.3 is 10.1 Å². The van der Waals surface area contributed by atoms with Gasteiger partial charge in [0.25, 0.3) is 0 Å². The molecule has 3 heteroatoms. The molecule has 2 aromatic carbocycles. The number of anilines is 1. The van der Waals surface area contributed by atoms with E-state index in [0.717, 1.165) is 23.2 Å². The van der Waals surface area contributed by atoms with Crippen molar-refractivity contribution < 1.29 is 4.74 Å². The first-order valence-electron chi connectivity index (χ1n) is 6.47. The van der Waals surface area contributed by atoms with Crippen molar-refractivity contribution in [2.75, 3.05) is 11.9 Å². The van der Waals surface area contributed by atoms with Crippen LogP contribution in [-0.4, -0.2) is 12.6 Å². The van der Waals surface area contributed by atoms with Crippen molar-refractivity contribution in [2.45, 2.75) is 19.4 Å². The lowest BCUT2D eigenvalue weighted by atomic mass is 10.1. The largest absolute Gasteiger partial charge is 0.488 e. The fourth-order valence-corrected chi connectivity index (χ4v) is 2.81. The minimum absolute atomic E-state index is 0.212. The zero-order chi connectivity index (χ0) is 13.2. The van der Waals surface area contributed by atoms with Gasteiger partial charge >= 0.3 is 0 Å². The molecule has 0 saturated heterocycles. The average molecular weight is 318 g/mol. The Hall–Kier alpha value is -1.48. The zero-order valence-electron chi connectivity index (χ0n) is 10.8. The van der Waals surface area contributed by atoms with Gasteiger partial charge in [-0.25, -0.2) is 0 Å². The molecule has 0 spiro atoms. The van der Waals surface area contributed by atoms with Crippen LogP contribution in [0.15, 0.2) is 46.9 Å². The third-order valence-electron chi connectivity index (χ3n) is 3.43. The molecular formula is C16H16BrNO. The normalized spacial score (nSPS) is 16.8. The first kappa shape index (κ1) is 12.5. The van der Waals surface area contributed by atoms with Crippen molar-refractivity contribution in [3.8, 4) is 5.75 Å². The second-order valence-corrected chi connectivity index (χ2v) is 5.81. The van der Waals surface area contributed by atoms with Crippen molar-refractivity contribution in [1.29, 1.82) is 0 Å². The molecule has 0 aromatic heterocycles. The maximum Gasteiger partial charge on any atom is 0.123 e. The minimum atomic E-state index is 0.212. The summed E-state index contributed by atoms with van der Waals surface area (Å²) >= 11 is 3.50. The number of hydrogen-bond acceptors (Lipinski definition) is 2. The van der Waals surface area contributed by atoms with Crippen LogP contribution in [0.2, 0.25) is 0 Å². The van der Waals surface area contributed by atoms with Gasteiger partial charge in [-0.05, 0) is 42.3 Å². The molecule has 1 N–H and O–H groups in total. The van der Waals surface area contributed by atoms with Crippen LogP contribution in [-0.2, 0) is 6.42 Å². The predicted molar refractivity (Wildman–Crippen MR) is 81.9 cm³/mol. The molecule has 0 amide bonds. The molecule has 0 saturated carbocycles. The zero-order valence-corrected chi connectivity index (χ0v) is 12.4. The maximum atomic E-state index is 5.94. The highest BCUT2D eigenvalue weighted by Gasteiger charge is 2.22. The molecule has 0 radical (unpaired) electrons. The first-order chi connectivity index (χ1) is 9.22. The molecule has 1 atom stereocenters. The number of halogens is 1. The second kappa shape index (κ2) is 5.25. The van der Waals surface area contributed by atoms with Crippen molar-refractivity contribution in [3.63, 3.8) is 0 Å². The van der Waals surface area contributed by atoms with Crippen LogP contribution in [0.4, 0.5) is 5.69 Å². The molecule has 98 valence electrons. The fourth-order valence-electron chi connectivity index (χ4n) is 2.40. The van der Waals surface area contributed by atoms with E-state index in [9.17, 15) is 0 Å².